The lowest BCUT2D eigenvalue weighted by molar-refractivity contribution is 1.59. The summed E-state index contributed by atoms with van der Waals surface area (Å²) in [4.78, 5) is 7.91. The molecule has 6 heteroatoms. The Labute approximate surface area is 340 Å². The molecule has 0 N–H and O–H groups in total. The number of fused-ring (bicyclic) bond motifs is 2. The van der Waals surface area contributed by atoms with Gasteiger partial charge in [-0.25, -0.2) is 0 Å². The van der Waals surface area contributed by atoms with Gasteiger partial charge in [0.1, 0.15) is 0 Å². The number of rotatable bonds is 7. The van der Waals surface area contributed by atoms with Gasteiger partial charge in [0.2, 0.25) is 0 Å². The molecule has 54 heavy (non-hydrogen) atoms. The van der Waals surface area contributed by atoms with Gasteiger partial charge in [-0.2, -0.15) is 0 Å². The van der Waals surface area contributed by atoms with Crippen LogP contribution in [0.4, 0.5) is 0 Å². The number of hydrogen-bond donors (Lipinski definition) is 0. The second-order valence-electron chi connectivity index (χ2n) is 12.8. The van der Waals surface area contributed by atoms with Crippen LogP contribution in [-0.2, 0) is 0 Å². The maximum atomic E-state index is 2.38. The Morgan fingerprint density at radius 1 is 0.315 bits per heavy atom. The molecular weight excluding hydrogens is 769 g/mol. The van der Waals surface area contributed by atoms with Crippen molar-refractivity contribution in [1.29, 1.82) is 0 Å². The van der Waals surface area contributed by atoms with E-state index in [9.17, 15) is 0 Å². The van der Waals surface area contributed by atoms with Gasteiger partial charge >= 0.3 is 0 Å². The zero-order valence-electron chi connectivity index (χ0n) is 28.8. The molecule has 0 bridgehead atoms. The van der Waals surface area contributed by atoms with E-state index >= 15 is 0 Å². The van der Waals surface area contributed by atoms with Crippen molar-refractivity contribution < 1.29 is 0 Å². The molecule has 0 amide bonds. The molecule has 258 valence electrons. The second kappa shape index (κ2) is 15.0. The van der Waals surface area contributed by atoms with E-state index < -0.39 is 0 Å². The van der Waals surface area contributed by atoms with Crippen molar-refractivity contribution in [2.45, 2.75) is 0 Å². The molecule has 0 saturated heterocycles. The Hall–Kier alpha value is -4.40. The first-order chi connectivity index (χ1) is 26.8. The molecule has 0 aliphatic carbocycles. The lowest BCUT2D eigenvalue weighted by Crippen LogP contribution is -1.95. The SMILES string of the molecule is c1ccc(C2=C(c3cc4ccccc4s3)S/C(=C(\C(=C3\SC(c4ccccc4)=C(c4cc5ccccc5s4)S3)c3ccccc3)c3ccccc3)S2)cc1. The Morgan fingerprint density at radius 3 is 1.04 bits per heavy atom. The molecule has 2 aliphatic rings. The summed E-state index contributed by atoms with van der Waals surface area (Å²) in [5.41, 5.74) is 7.51. The summed E-state index contributed by atoms with van der Waals surface area (Å²) in [7, 11) is 0. The van der Waals surface area contributed by atoms with Crippen LogP contribution in [0.25, 0.3) is 50.9 Å². The smallest absolute Gasteiger partial charge is 0.0585 e. The van der Waals surface area contributed by atoms with Crippen LogP contribution in [0.5, 0.6) is 0 Å². The molecular formula is C48H30S6. The molecule has 0 fully saturated rings. The molecule has 0 spiro atoms. The fourth-order valence-electron chi connectivity index (χ4n) is 6.81. The van der Waals surface area contributed by atoms with Gasteiger partial charge < -0.3 is 0 Å². The molecule has 0 nitrogen and oxygen atoms in total. The van der Waals surface area contributed by atoms with Crippen molar-refractivity contribution in [2.75, 3.05) is 0 Å². The minimum absolute atomic E-state index is 1.22. The number of benzene rings is 6. The number of thiophene rings is 2. The molecule has 2 aromatic heterocycles. The molecule has 0 atom stereocenters. The molecule has 0 unspecified atom stereocenters. The van der Waals surface area contributed by atoms with Gasteiger partial charge in [-0.15, -0.1) is 22.7 Å². The standard InChI is InChI=1S/C48H30S6/c1-5-17-31(18-6-1)41(47-51-43(33-21-9-3-10-22-33)45(53-47)39-29-35-25-13-15-27-37(35)49-39)42(32-19-7-2-8-20-32)48-52-44(34-23-11-4-12-24-34)46(54-48)40-30-36-26-14-16-28-38(36)50-40/h1-30H/b47-41-,48-42-. The summed E-state index contributed by atoms with van der Waals surface area (Å²) >= 11 is 11.5. The highest BCUT2D eigenvalue weighted by molar-refractivity contribution is 8.35. The third-order valence-corrected chi connectivity index (χ3v) is 17.2. The minimum atomic E-state index is 1.22. The van der Waals surface area contributed by atoms with Crippen molar-refractivity contribution in [3.8, 4) is 0 Å². The van der Waals surface area contributed by atoms with Crippen LogP contribution in [0.1, 0.15) is 32.0 Å². The fourth-order valence-corrected chi connectivity index (χ4v) is 15.0. The molecule has 10 rings (SSSR count). The van der Waals surface area contributed by atoms with Crippen LogP contribution < -0.4 is 0 Å². The largest absolute Gasteiger partial charge is 0.135 e. The quantitative estimate of drug-likeness (QED) is 0.157. The van der Waals surface area contributed by atoms with Crippen LogP contribution in [-0.4, -0.2) is 0 Å². The van der Waals surface area contributed by atoms with Crippen molar-refractivity contribution in [1.82, 2.24) is 0 Å². The van der Waals surface area contributed by atoms with Crippen LogP contribution >= 0.6 is 69.7 Å². The highest BCUT2D eigenvalue weighted by Crippen LogP contribution is 2.65. The molecule has 4 heterocycles. The number of hydrogen-bond acceptors (Lipinski definition) is 6. The lowest BCUT2D eigenvalue weighted by atomic mass is 9.95. The first kappa shape index (κ1) is 34.1. The summed E-state index contributed by atoms with van der Waals surface area (Å²) in [6.07, 6.45) is 0. The third kappa shape index (κ3) is 6.55. The van der Waals surface area contributed by atoms with E-state index in [-0.39, 0.29) is 0 Å². The highest BCUT2D eigenvalue weighted by atomic mass is 32.2. The predicted molar refractivity (Wildman–Crippen MR) is 247 cm³/mol. The third-order valence-electron chi connectivity index (χ3n) is 9.35. The summed E-state index contributed by atoms with van der Waals surface area (Å²) in [6, 6.07) is 66.3. The van der Waals surface area contributed by atoms with E-state index in [2.05, 4.69) is 182 Å². The zero-order chi connectivity index (χ0) is 35.8. The van der Waals surface area contributed by atoms with Crippen LogP contribution in [0.2, 0.25) is 0 Å². The molecule has 8 aromatic rings. The monoisotopic (exact) mass is 798 g/mol. The fraction of sp³-hybridized carbons (Fsp3) is 0. The summed E-state index contributed by atoms with van der Waals surface area (Å²) in [6.45, 7) is 0. The van der Waals surface area contributed by atoms with Crippen LogP contribution in [0.3, 0.4) is 0 Å². The van der Waals surface area contributed by atoms with Crippen molar-refractivity contribution >= 4 is 121 Å². The molecule has 6 aromatic carbocycles. The van der Waals surface area contributed by atoms with E-state index in [1.54, 1.807) is 0 Å². The summed E-state index contributed by atoms with van der Waals surface area (Å²) in [5, 5.41) is 2.59. The Kier molecular flexibility index (Phi) is 9.49. The molecule has 0 radical (unpaired) electrons. The second-order valence-corrected chi connectivity index (χ2v) is 19.6. The van der Waals surface area contributed by atoms with Gasteiger partial charge in [-0.05, 0) is 57.3 Å². The van der Waals surface area contributed by atoms with Crippen LogP contribution in [0.15, 0.2) is 190 Å². The van der Waals surface area contributed by atoms with E-state index in [4.69, 9.17) is 0 Å². The number of allylic oxidation sites excluding steroid dienone is 2. The minimum Gasteiger partial charge on any atom is -0.135 e. The maximum absolute atomic E-state index is 2.38. The van der Waals surface area contributed by atoms with Gasteiger partial charge in [0.05, 0.1) is 8.47 Å². The highest BCUT2D eigenvalue weighted by Gasteiger charge is 2.33. The normalized spacial score (nSPS) is 16.5. The summed E-state index contributed by atoms with van der Waals surface area (Å²) < 4.78 is 5.24. The molecule has 2 aliphatic heterocycles. The lowest BCUT2D eigenvalue weighted by Gasteiger charge is -2.19. The Morgan fingerprint density at radius 2 is 0.648 bits per heavy atom. The Bertz CT molecular complexity index is 2530. The van der Waals surface area contributed by atoms with Crippen LogP contribution in [0, 0.1) is 0 Å². The van der Waals surface area contributed by atoms with E-state index in [0.29, 0.717) is 0 Å². The Balaban J connectivity index is 1.20. The average Bonchev–Trinajstić information content (AvgIpc) is 4.05. The average molecular weight is 799 g/mol. The maximum Gasteiger partial charge on any atom is 0.0585 e. The van der Waals surface area contributed by atoms with Crippen molar-refractivity contribution in [2.24, 2.45) is 0 Å². The van der Waals surface area contributed by atoms with Crippen molar-refractivity contribution in [3.05, 3.63) is 222 Å². The topological polar surface area (TPSA) is 0 Å². The van der Waals surface area contributed by atoms with Gasteiger partial charge in [0, 0.05) is 49.9 Å². The van der Waals surface area contributed by atoms with E-state index in [1.807, 2.05) is 69.7 Å². The van der Waals surface area contributed by atoms with E-state index in [1.165, 1.54) is 91.4 Å². The first-order valence-corrected chi connectivity index (χ1v) is 22.6. The van der Waals surface area contributed by atoms with E-state index in [0.717, 1.165) is 0 Å². The number of thioether (sulfide) groups is 4. The summed E-state index contributed by atoms with van der Waals surface area (Å²) in [5.74, 6) is 0. The van der Waals surface area contributed by atoms with Gasteiger partial charge in [-0.3, -0.25) is 0 Å². The predicted octanol–water partition coefficient (Wildman–Crippen LogP) is 16.2. The first-order valence-electron chi connectivity index (χ1n) is 17.7. The van der Waals surface area contributed by atoms with Gasteiger partial charge in [0.15, 0.2) is 0 Å². The van der Waals surface area contributed by atoms with Crippen molar-refractivity contribution in [3.63, 3.8) is 0 Å². The molecule has 0 saturated carbocycles. The van der Waals surface area contributed by atoms with Gasteiger partial charge in [0.25, 0.3) is 0 Å². The zero-order valence-corrected chi connectivity index (χ0v) is 33.7. The van der Waals surface area contributed by atoms with Gasteiger partial charge in [-0.1, -0.05) is 205 Å².